The third kappa shape index (κ3) is 10.5. The van der Waals surface area contributed by atoms with Crippen LogP contribution in [0.2, 0.25) is 0 Å². The summed E-state index contributed by atoms with van der Waals surface area (Å²) in [5.41, 5.74) is 3.18. The number of carbonyl (C=O) groups is 1. The molecule has 0 saturated carbocycles. The minimum atomic E-state index is -0.500. The maximum atomic E-state index is 12.9. The number of rotatable bonds is 13. The molecular weight excluding hydrogens is 434 g/mol. The summed E-state index contributed by atoms with van der Waals surface area (Å²) in [5, 5.41) is 0. The Balaban J connectivity index is 1.71. The van der Waals surface area contributed by atoms with Gasteiger partial charge in [0.1, 0.15) is 5.60 Å². The Hall–Kier alpha value is -2.95. The van der Waals surface area contributed by atoms with Crippen molar-refractivity contribution in [2.24, 2.45) is 0 Å². The fraction of sp³-hybridized carbons (Fsp3) is 0.387. The fourth-order valence-corrected chi connectivity index (χ4v) is 4.10. The lowest BCUT2D eigenvalue weighted by Gasteiger charge is -2.32. The highest BCUT2D eigenvalue weighted by atomic mass is 16.6. The molecule has 0 aromatic heterocycles. The van der Waals surface area contributed by atoms with Gasteiger partial charge in [0.25, 0.3) is 0 Å². The van der Waals surface area contributed by atoms with E-state index in [1.165, 1.54) is 11.1 Å². The number of hydrogen-bond acceptors (Lipinski definition) is 4. The fourth-order valence-electron chi connectivity index (χ4n) is 4.10. The van der Waals surface area contributed by atoms with Gasteiger partial charge in [0.2, 0.25) is 0 Å². The zero-order chi connectivity index (χ0) is 24.9. The molecular formula is C31H39NO3. The Bertz CT molecular complexity index is 984. The summed E-state index contributed by atoms with van der Waals surface area (Å²) in [4.78, 5) is 15.3. The van der Waals surface area contributed by atoms with Crippen LogP contribution < -0.4 is 0 Å². The van der Waals surface area contributed by atoms with Gasteiger partial charge in [-0.15, -0.1) is 0 Å². The molecule has 3 aromatic rings. The first-order valence-electron chi connectivity index (χ1n) is 12.5. The van der Waals surface area contributed by atoms with Gasteiger partial charge in [0.05, 0.1) is 13.0 Å². The smallest absolute Gasteiger partial charge is 0.307 e. The zero-order valence-corrected chi connectivity index (χ0v) is 21.4. The second-order valence-corrected chi connectivity index (χ2v) is 9.96. The van der Waals surface area contributed by atoms with E-state index >= 15 is 0 Å². The Labute approximate surface area is 210 Å². The first kappa shape index (κ1) is 26.7. The molecule has 0 fully saturated rings. The first-order chi connectivity index (χ1) is 16.9. The SMILES string of the molecule is CC(C)(C)OC(=O)C[C@H](CCOCc1ccccc1)N(CCc1ccccc1)Cc1ccccc1. The number of benzene rings is 3. The van der Waals surface area contributed by atoms with Gasteiger partial charge < -0.3 is 9.47 Å². The molecule has 186 valence electrons. The summed E-state index contributed by atoms with van der Waals surface area (Å²) in [5.74, 6) is -0.164. The number of nitrogens with zero attached hydrogens (tertiary/aromatic N) is 1. The quantitative estimate of drug-likeness (QED) is 0.212. The van der Waals surface area contributed by atoms with Crippen molar-refractivity contribution in [2.75, 3.05) is 13.2 Å². The highest BCUT2D eigenvalue weighted by Gasteiger charge is 2.25. The van der Waals surface area contributed by atoms with Gasteiger partial charge in [-0.3, -0.25) is 9.69 Å². The van der Waals surface area contributed by atoms with Crippen molar-refractivity contribution in [1.29, 1.82) is 0 Å². The van der Waals surface area contributed by atoms with Crippen LogP contribution in [0.3, 0.4) is 0 Å². The lowest BCUT2D eigenvalue weighted by Crippen LogP contribution is -2.40. The largest absolute Gasteiger partial charge is 0.460 e. The minimum absolute atomic E-state index is 0.0181. The summed E-state index contributed by atoms with van der Waals surface area (Å²) in [7, 11) is 0. The van der Waals surface area contributed by atoms with Gasteiger partial charge in [-0.1, -0.05) is 91.0 Å². The van der Waals surface area contributed by atoms with Gasteiger partial charge in [0.15, 0.2) is 0 Å². The zero-order valence-electron chi connectivity index (χ0n) is 21.4. The van der Waals surface area contributed by atoms with Crippen LogP contribution in [-0.4, -0.2) is 35.7 Å². The van der Waals surface area contributed by atoms with Gasteiger partial charge in [-0.2, -0.15) is 0 Å². The van der Waals surface area contributed by atoms with E-state index in [2.05, 4.69) is 65.6 Å². The van der Waals surface area contributed by atoms with Gasteiger partial charge >= 0.3 is 5.97 Å². The molecule has 0 N–H and O–H groups in total. The molecule has 4 heteroatoms. The Morgan fingerprint density at radius 1 is 0.800 bits per heavy atom. The molecule has 4 nitrogen and oxygen atoms in total. The average molecular weight is 474 g/mol. The van der Waals surface area contributed by atoms with Gasteiger partial charge in [-0.25, -0.2) is 0 Å². The van der Waals surface area contributed by atoms with E-state index in [1.54, 1.807) is 0 Å². The van der Waals surface area contributed by atoms with Crippen LogP contribution in [0.1, 0.15) is 50.3 Å². The number of hydrogen-bond donors (Lipinski definition) is 0. The van der Waals surface area contributed by atoms with E-state index in [1.807, 2.05) is 51.1 Å². The molecule has 0 unspecified atom stereocenters. The van der Waals surface area contributed by atoms with Crippen LogP contribution in [0.4, 0.5) is 0 Å². The van der Waals surface area contributed by atoms with E-state index in [0.29, 0.717) is 19.6 Å². The lowest BCUT2D eigenvalue weighted by atomic mass is 10.0. The monoisotopic (exact) mass is 473 g/mol. The number of carbonyl (C=O) groups excluding carboxylic acids is 1. The molecule has 0 aliphatic rings. The lowest BCUT2D eigenvalue weighted by molar-refractivity contribution is -0.156. The van der Waals surface area contributed by atoms with Crippen molar-refractivity contribution < 1.29 is 14.3 Å². The van der Waals surface area contributed by atoms with Crippen LogP contribution >= 0.6 is 0 Å². The summed E-state index contributed by atoms with van der Waals surface area (Å²) in [6, 6.07) is 31.2. The van der Waals surface area contributed by atoms with Crippen molar-refractivity contribution in [2.45, 2.75) is 64.8 Å². The highest BCUT2D eigenvalue weighted by molar-refractivity contribution is 5.70. The predicted octanol–water partition coefficient (Wildman–Crippen LogP) is 6.44. The van der Waals surface area contributed by atoms with Crippen molar-refractivity contribution in [3.8, 4) is 0 Å². The molecule has 3 aromatic carbocycles. The summed E-state index contributed by atoms with van der Waals surface area (Å²) in [6.45, 7) is 8.53. The molecule has 0 radical (unpaired) electrons. The van der Waals surface area contributed by atoms with Crippen molar-refractivity contribution >= 4 is 5.97 Å². The molecule has 0 heterocycles. The molecule has 35 heavy (non-hydrogen) atoms. The molecule has 0 aliphatic heterocycles. The third-order valence-corrected chi connectivity index (χ3v) is 5.80. The molecule has 0 spiro atoms. The van der Waals surface area contributed by atoms with Crippen molar-refractivity contribution in [1.82, 2.24) is 4.90 Å². The van der Waals surface area contributed by atoms with Crippen LogP contribution in [0.15, 0.2) is 91.0 Å². The predicted molar refractivity (Wildman–Crippen MR) is 142 cm³/mol. The van der Waals surface area contributed by atoms with Crippen molar-refractivity contribution in [3.63, 3.8) is 0 Å². The van der Waals surface area contributed by atoms with E-state index in [0.717, 1.165) is 31.5 Å². The van der Waals surface area contributed by atoms with E-state index in [4.69, 9.17) is 9.47 Å². The number of esters is 1. The highest BCUT2D eigenvalue weighted by Crippen LogP contribution is 2.19. The molecule has 1 atom stereocenters. The van der Waals surface area contributed by atoms with Gasteiger partial charge in [0, 0.05) is 25.7 Å². The number of ether oxygens (including phenoxy) is 2. The van der Waals surface area contributed by atoms with E-state index < -0.39 is 5.60 Å². The first-order valence-corrected chi connectivity index (χ1v) is 12.5. The molecule has 0 saturated heterocycles. The Kier molecular flexibility index (Phi) is 10.5. The van der Waals surface area contributed by atoms with E-state index in [9.17, 15) is 4.79 Å². The summed E-state index contributed by atoms with van der Waals surface area (Å²) < 4.78 is 11.7. The maximum Gasteiger partial charge on any atom is 0.307 e. The van der Waals surface area contributed by atoms with Crippen molar-refractivity contribution in [3.05, 3.63) is 108 Å². The normalized spacial score (nSPS) is 12.5. The molecule has 0 bridgehead atoms. The Morgan fingerprint density at radius 3 is 1.91 bits per heavy atom. The Morgan fingerprint density at radius 2 is 1.34 bits per heavy atom. The second kappa shape index (κ2) is 13.8. The molecule has 3 rings (SSSR count). The summed E-state index contributed by atoms with van der Waals surface area (Å²) in [6.07, 6.45) is 2.02. The van der Waals surface area contributed by atoms with Crippen LogP contribution in [0.5, 0.6) is 0 Å². The molecule has 0 aliphatic carbocycles. The third-order valence-electron chi connectivity index (χ3n) is 5.80. The second-order valence-electron chi connectivity index (χ2n) is 9.96. The van der Waals surface area contributed by atoms with Gasteiger partial charge in [-0.05, 0) is 50.3 Å². The average Bonchev–Trinajstić information content (AvgIpc) is 2.84. The summed E-state index contributed by atoms with van der Waals surface area (Å²) >= 11 is 0. The maximum absolute atomic E-state index is 12.9. The van der Waals surface area contributed by atoms with E-state index in [-0.39, 0.29) is 12.0 Å². The van der Waals surface area contributed by atoms with Crippen LogP contribution in [0.25, 0.3) is 0 Å². The van der Waals surface area contributed by atoms with Crippen LogP contribution in [0, 0.1) is 0 Å². The van der Waals surface area contributed by atoms with Crippen LogP contribution in [-0.2, 0) is 33.8 Å². The topological polar surface area (TPSA) is 38.8 Å². The minimum Gasteiger partial charge on any atom is -0.460 e. The molecule has 0 amide bonds. The standard InChI is InChI=1S/C31H39NO3/c1-31(2,3)35-30(33)23-29(20-22-34-25-28-17-11-6-12-18-28)32(24-27-15-9-5-10-16-27)21-19-26-13-7-4-8-14-26/h4-18,29H,19-25H2,1-3H3/t29-/m0/s1.